The molecule has 0 heterocycles. The van der Waals surface area contributed by atoms with Crippen LogP contribution in [0.15, 0.2) is 18.2 Å². The fraction of sp³-hybridized carbons (Fsp3) is 0.364. The van der Waals surface area contributed by atoms with E-state index in [-0.39, 0.29) is 5.78 Å². The van der Waals surface area contributed by atoms with Crippen LogP contribution in [0.4, 0.5) is 0 Å². The predicted molar refractivity (Wildman–Crippen MR) is 51.9 cm³/mol. The van der Waals surface area contributed by atoms with Gasteiger partial charge in [0.2, 0.25) is 0 Å². The first-order chi connectivity index (χ1) is 6.04. The number of aryl methyl sites for hydroxylation is 2. The van der Waals surface area contributed by atoms with Crippen LogP contribution in [-0.4, -0.2) is 17.0 Å². The Labute approximate surface area is 78.2 Å². The molecule has 0 aliphatic carbocycles. The summed E-state index contributed by atoms with van der Waals surface area (Å²) < 4.78 is 0. The van der Waals surface area contributed by atoms with Crippen molar-refractivity contribution < 1.29 is 9.90 Å². The molecule has 70 valence electrons. The topological polar surface area (TPSA) is 37.3 Å². The number of rotatable bonds is 2. The molecule has 2 heteroatoms. The van der Waals surface area contributed by atoms with Gasteiger partial charge in [0.1, 0.15) is 6.10 Å². The Balaban J connectivity index is 3.20. The van der Waals surface area contributed by atoms with E-state index in [1.54, 1.807) is 0 Å². The van der Waals surface area contributed by atoms with Gasteiger partial charge in [-0.15, -0.1) is 0 Å². The number of hydrogen-bond acceptors (Lipinski definition) is 2. The molecule has 1 unspecified atom stereocenters. The molecule has 2 nitrogen and oxygen atoms in total. The van der Waals surface area contributed by atoms with Gasteiger partial charge in [0.25, 0.3) is 0 Å². The zero-order valence-electron chi connectivity index (χ0n) is 8.16. The van der Waals surface area contributed by atoms with Crippen LogP contribution in [-0.2, 0) is 0 Å². The van der Waals surface area contributed by atoms with Crippen LogP contribution < -0.4 is 0 Å². The molecule has 0 radical (unpaired) electrons. The maximum absolute atomic E-state index is 11.5. The molecule has 0 saturated heterocycles. The second kappa shape index (κ2) is 3.71. The van der Waals surface area contributed by atoms with Gasteiger partial charge in [-0.05, 0) is 31.9 Å². The normalized spacial score (nSPS) is 12.6. The number of Topliss-reactive ketones (excluding diaryl/α,β-unsaturated/α-hetero) is 1. The molecule has 0 aliphatic heterocycles. The lowest BCUT2D eigenvalue weighted by Crippen LogP contribution is -2.18. The van der Waals surface area contributed by atoms with Crippen LogP contribution in [0.3, 0.4) is 0 Å². The van der Waals surface area contributed by atoms with E-state index in [9.17, 15) is 9.90 Å². The number of hydrogen-bond donors (Lipinski definition) is 1. The first kappa shape index (κ1) is 9.93. The molecule has 0 spiro atoms. The van der Waals surface area contributed by atoms with Crippen molar-refractivity contribution in [2.24, 2.45) is 0 Å². The zero-order chi connectivity index (χ0) is 10.0. The summed E-state index contributed by atoms with van der Waals surface area (Å²) in [7, 11) is 0. The highest BCUT2D eigenvalue weighted by Crippen LogP contribution is 2.15. The van der Waals surface area contributed by atoms with Gasteiger partial charge in [-0.25, -0.2) is 0 Å². The summed E-state index contributed by atoms with van der Waals surface area (Å²) >= 11 is 0. The van der Waals surface area contributed by atoms with Crippen molar-refractivity contribution in [3.63, 3.8) is 0 Å². The van der Waals surface area contributed by atoms with E-state index in [0.717, 1.165) is 11.1 Å². The smallest absolute Gasteiger partial charge is 0.191 e. The van der Waals surface area contributed by atoms with Crippen LogP contribution >= 0.6 is 0 Å². The van der Waals surface area contributed by atoms with E-state index in [1.807, 2.05) is 32.0 Å². The van der Waals surface area contributed by atoms with Crippen molar-refractivity contribution in [2.75, 3.05) is 0 Å². The van der Waals surface area contributed by atoms with Crippen molar-refractivity contribution >= 4 is 5.78 Å². The van der Waals surface area contributed by atoms with Crippen molar-refractivity contribution in [2.45, 2.75) is 26.9 Å². The van der Waals surface area contributed by atoms with Crippen molar-refractivity contribution in [3.8, 4) is 0 Å². The summed E-state index contributed by atoms with van der Waals surface area (Å²) in [6.45, 7) is 5.25. The molecule has 13 heavy (non-hydrogen) atoms. The monoisotopic (exact) mass is 178 g/mol. The summed E-state index contributed by atoms with van der Waals surface area (Å²) in [5.74, 6) is -0.199. The van der Waals surface area contributed by atoms with Gasteiger partial charge in [0, 0.05) is 5.56 Å². The molecule has 1 atom stereocenters. The standard InChI is InChI=1S/C11H14O2/c1-7-5-4-6-8(2)10(7)11(13)9(3)12/h4-6,9,12H,1-3H3. The third kappa shape index (κ3) is 1.95. The zero-order valence-corrected chi connectivity index (χ0v) is 8.16. The van der Waals surface area contributed by atoms with Gasteiger partial charge in [-0.1, -0.05) is 18.2 Å². The molecule has 0 aliphatic rings. The molecular weight excluding hydrogens is 164 g/mol. The predicted octanol–water partition coefficient (Wildman–Crippen LogP) is 1.87. The Kier molecular flexibility index (Phi) is 2.83. The lowest BCUT2D eigenvalue weighted by Gasteiger charge is -2.09. The van der Waals surface area contributed by atoms with E-state index < -0.39 is 6.10 Å². The molecule has 1 aromatic carbocycles. The number of carbonyl (C=O) groups excluding carboxylic acids is 1. The molecule has 1 rings (SSSR count). The third-order valence-corrected chi connectivity index (χ3v) is 2.11. The van der Waals surface area contributed by atoms with Gasteiger partial charge in [-0.3, -0.25) is 4.79 Å². The Bertz CT molecular complexity index is 307. The largest absolute Gasteiger partial charge is 0.385 e. The Morgan fingerprint density at radius 3 is 2.15 bits per heavy atom. The summed E-state index contributed by atoms with van der Waals surface area (Å²) in [5.41, 5.74) is 2.49. The highest BCUT2D eigenvalue weighted by Gasteiger charge is 2.15. The van der Waals surface area contributed by atoms with E-state index in [1.165, 1.54) is 6.92 Å². The van der Waals surface area contributed by atoms with Gasteiger partial charge >= 0.3 is 0 Å². The first-order valence-electron chi connectivity index (χ1n) is 4.32. The van der Waals surface area contributed by atoms with Crippen molar-refractivity contribution in [3.05, 3.63) is 34.9 Å². The highest BCUT2D eigenvalue weighted by atomic mass is 16.3. The Morgan fingerprint density at radius 1 is 1.31 bits per heavy atom. The highest BCUT2D eigenvalue weighted by molar-refractivity contribution is 6.01. The van der Waals surface area contributed by atoms with Crippen LogP contribution in [0.1, 0.15) is 28.4 Å². The lowest BCUT2D eigenvalue weighted by molar-refractivity contribution is 0.0778. The first-order valence-corrected chi connectivity index (χ1v) is 4.32. The minimum atomic E-state index is -0.917. The fourth-order valence-corrected chi connectivity index (χ4v) is 1.41. The molecule has 0 fully saturated rings. The molecule has 0 aromatic heterocycles. The van der Waals surface area contributed by atoms with Crippen LogP contribution in [0.5, 0.6) is 0 Å². The minimum Gasteiger partial charge on any atom is -0.385 e. The number of aliphatic hydroxyl groups is 1. The third-order valence-electron chi connectivity index (χ3n) is 2.11. The molecule has 1 N–H and O–H groups in total. The average molecular weight is 178 g/mol. The summed E-state index contributed by atoms with van der Waals surface area (Å²) in [6, 6.07) is 5.66. The molecule has 0 saturated carbocycles. The van der Waals surface area contributed by atoms with E-state index in [2.05, 4.69) is 0 Å². The van der Waals surface area contributed by atoms with Gasteiger partial charge in [0.15, 0.2) is 5.78 Å². The van der Waals surface area contributed by atoms with Crippen LogP contribution in [0, 0.1) is 13.8 Å². The van der Waals surface area contributed by atoms with Crippen LogP contribution in [0.2, 0.25) is 0 Å². The molecule has 0 bridgehead atoms. The minimum absolute atomic E-state index is 0.199. The summed E-state index contributed by atoms with van der Waals surface area (Å²) in [5, 5.41) is 9.17. The summed E-state index contributed by atoms with van der Waals surface area (Å²) in [6.07, 6.45) is -0.917. The number of ketones is 1. The van der Waals surface area contributed by atoms with Gasteiger partial charge in [0.05, 0.1) is 0 Å². The second-order valence-electron chi connectivity index (χ2n) is 3.31. The molecule has 0 amide bonds. The Morgan fingerprint density at radius 2 is 1.77 bits per heavy atom. The number of carbonyl (C=O) groups is 1. The second-order valence-corrected chi connectivity index (χ2v) is 3.31. The maximum atomic E-state index is 11.5. The van der Waals surface area contributed by atoms with E-state index in [0.29, 0.717) is 5.56 Å². The van der Waals surface area contributed by atoms with Gasteiger partial charge < -0.3 is 5.11 Å². The molecular formula is C11H14O2. The van der Waals surface area contributed by atoms with E-state index in [4.69, 9.17) is 0 Å². The van der Waals surface area contributed by atoms with Gasteiger partial charge in [-0.2, -0.15) is 0 Å². The Hall–Kier alpha value is -1.15. The van der Waals surface area contributed by atoms with Crippen LogP contribution in [0.25, 0.3) is 0 Å². The van der Waals surface area contributed by atoms with Crippen molar-refractivity contribution in [1.29, 1.82) is 0 Å². The molecule has 1 aromatic rings. The fourth-order valence-electron chi connectivity index (χ4n) is 1.41. The van der Waals surface area contributed by atoms with E-state index >= 15 is 0 Å². The lowest BCUT2D eigenvalue weighted by atomic mass is 9.97. The number of aliphatic hydroxyl groups excluding tert-OH is 1. The summed E-state index contributed by atoms with van der Waals surface area (Å²) in [4.78, 5) is 11.5. The SMILES string of the molecule is Cc1cccc(C)c1C(=O)C(C)O. The maximum Gasteiger partial charge on any atom is 0.191 e. The number of benzene rings is 1. The van der Waals surface area contributed by atoms with Crippen molar-refractivity contribution in [1.82, 2.24) is 0 Å². The quantitative estimate of drug-likeness (QED) is 0.702. The average Bonchev–Trinajstić information content (AvgIpc) is 2.03.